The molecule has 17 heavy (non-hydrogen) atoms. The van der Waals surface area contributed by atoms with Crippen LogP contribution in [0.4, 0.5) is 0 Å². The van der Waals surface area contributed by atoms with Crippen molar-refractivity contribution >= 4 is 56.1 Å². The molecule has 0 radical (unpaired) electrons. The Morgan fingerprint density at radius 1 is 0.824 bits per heavy atom. The molecule has 0 spiro atoms. The summed E-state index contributed by atoms with van der Waals surface area (Å²) in [7, 11) is 0. The first kappa shape index (κ1) is 12.4. The van der Waals surface area contributed by atoms with Gasteiger partial charge in [-0.15, -0.1) is 0 Å². The fraction of sp³-hybridized carbons (Fsp3) is 0. The summed E-state index contributed by atoms with van der Waals surface area (Å²) in [6.45, 7) is 0. The van der Waals surface area contributed by atoms with Crippen LogP contribution in [0.5, 0.6) is 0 Å². The van der Waals surface area contributed by atoms with E-state index >= 15 is 0 Å². The lowest BCUT2D eigenvalue weighted by Gasteiger charge is -2.06. The Kier molecular flexibility index (Phi) is 3.38. The number of benzene rings is 2. The van der Waals surface area contributed by atoms with Crippen molar-refractivity contribution in [3.8, 4) is 0 Å². The first-order valence-electron chi connectivity index (χ1n) is 4.63. The molecule has 0 bridgehead atoms. The van der Waals surface area contributed by atoms with Gasteiger partial charge in [0.1, 0.15) is 0 Å². The SMILES string of the molecule is O=C(Cl)c1ccc2c(C(=O)Cl)cccc2c1Cl. The molecule has 2 aromatic carbocycles. The number of fused-ring (bicyclic) bond motifs is 1. The van der Waals surface area contributed by atoms with Crippen molar-refractivity contribution in [3.05, 3.63) is 46.5 Å². The van der Waals surface area contributed by atoms with E-state index in [0.717, 1.165) is 0 Å². The minimum atomic E-state index is -0.639. The molecular weight excluding hydrogens is 282 g/mol. The molecule has 0 amide bonds. The Hall–Kier alpha value is -1.09. The van der Waals surface area contributed by atoms with Crippen LogP contribution in [0.3, 0.4) is 0 Å². The summed E-state index contributed by atoms with van der Waals surface area (Å²) in [6.07, 6.45) is 0. The molecule has 5 heteroatoms. The number of carbonyl (C=O) groups is 2. The normalized spacial score (nSPS) is 10.5. The smallest absolute Gasteiger partial charge is 0.253 e. The average molecular weight is 288 g/mol. The molecule has 0 aromatic heterocycles. The zero-order valence-corrected chi connectivity index (χ0v) is 10.6. The van der Waals surface area contributed by atoms with Crippen molar-refractivity contribution in [1.29, 1.82) is 0 Å². The van der Waals surface area contributed by atoms with Crippen LogP contribution >= 0.6 is 34.8 Å². The van der Waals surface area contributed by atoms with E-state index in [-0.39, 0.29) is 10.6 Å². The highest BCUT2D eigenvalue weighted by Crippen LogP contribution is 2.30. The summed E-state index contributed by atoms with van der Waals surface area (Å²) >= 11 is 16.9. The van der Waals surface area contributed by atoms with E-state index in [2.05, 4.69) is 0 Å². The first-order valence-corrected chi connectivity index (χ1v) is 5.76. The van der Waals surface area contributed by atoms with Crippen molar-refractivity contribution in [2.24, 2.45) is 0 Å². The quantitative estimate of drug-likeness (QED) is 0.774. The predicted molar refractivity (Wildman–Crippen MR) is 69.3 cm³/mol. The van der Waals surface area contributed by atoms with Crippen molar-refractivity contribution in [3.63, 3.8) is 0 Å². The highest BCUT2D eigenvalue weighted by Gasteiger charge is 2.14. The van der Waals surface area contributed by atoms with E-state index in [1.54, 1.807) is 24.3 Å². The van der Waals surface area contributed by atoms with Crippen LogP contribution in [0, 0.1) is 0 Å². The number of carbonyl (C=O) groups excluding carboxylic acids is 2. The Balaban J connectivity index is 2.85. The Bertz CT molecular complexity index is 635. The van der Waals surface area contributed by atoms with Gasteiger partial charge in [-0.3, -0.25) is 9.59 Å². The van der Waals surface area contributed by atoms with Gasteiger partial charge in [0, 0.05) is 10.9 Å². The second-order valence-electron chi connectivity index (χ2n) is 3.38. The number of hydrogen-bond acceptors (Lipinski definition) is 2. The average Bonchev–Trinajstić information content (AvgIpc) is 2.28. The molecule has 0 atom stereocenters. The van der Waals surface area contributed by atoms with E-state index in [1.165, 1.54) is 6.07 Å². The van der Waals surface area contributed by atoms with Crippen LogP contribution in [0.2, 0.25) is 5.02 Å². The van der Waals surface area contributed by atoms with E-state index < -0.39 is 10.5 Å². The molecule has 0 unspecified atom stereocenters. The fourth-order valence-electron chi connectivity index (χ4n) is 1.64. The lowest BCUT2D eigenvalue weighted by molar-refractivity contribution is 0.107. The maximum absolute atomic E-state index is 11.2. The van der Waals surface area contributed by atoms with Crippen LogP contribution in [0.15, 0.2) is 30.3 Å². The monoisotopic (exact) mass is 286 g/mol. The van der Waals surface area contributed by atoms with Crippen LogP contribution in [0.1, 0.15) is 20.7 Å². The molecule has 2 nitrogen and oxygen atoms in total. The van der Waals surface area contributed by atoms with Crippen LogP contribution in [-0.4, -0.2) is 10.5 Å². The minimum Gasteiger partial charge on any atom is -0.276 e. The molecule has 2 aromatic rings. The van der Waals surface area contributed by atoms with E-state index in [1.807, 2.05) is 0 Å². The summed E-state index contributed by atoms with van der Waals surface area (Å²) in [4.78, 5) is 22.3. The maximum Gasteiger partial charge on any atom is 0.253 e. The highest BCUT2D eigenvalue weighted by atomic mass is 35.5. The summed E-state index contributed by atoms with van der Waals surface area (Å²) in [5, 5.41) is 0.183. The molecule has 0 heterocycles. The lowest BCUT2D eigenvalue weighted by atomic mass is 10.0. The van der Waals surface area contributed by atoms with Crippen molar-refractivity contribution in [2.45, 2.75) is 0 Å². The molecule has 0 aliphatic carbocycles. The summed E-state index contributed by atoms with van der Waals surface area (Å²) in [6, 6.07) is 8.02. The van der Waals surface area contributed by atoms with Crippen molar-refractivity contribution < 1.29 is 9.59 Å². The zero-order valence-electron chi connectivity index (χ0n) is 8.34. The summed E-state index contributed by atoms with van der Waals surface area (Å²) in [5.41, 5.74) is 0.555. The number of hydrogen-bond donors (Lipinski definition) is 0. The number of halogens is 3. The second kappa shape index (κ2) is 4.65. The van der Waals surface area contributed by atoms with E-state index in [9.17, 15) is 9.59 Å². The summed E-state index contributed by atoms with van der Waals surface area (Å²) in [5.74, 6) is 0. The Morgan fingerprint density at radius 3 is 2.06 bits per heavy atom. The van der Waals surface area contributed by atoms with Crippen LogP contribution in [0.25, 0.3) is 10.8 Å². The van der Waals surface area contributed by atoms with Gasteiger partial charge in [-0.1, -0.05) is 29.8 Å². The molecule has 86 valence electrons. The predicted octanol–water partition coefficient (Wildman–Crippen LogP) is 4.25. The molecule has 0 aliphatic heterocycles. The third kappa shape index (κ3) is 2.16. The van der Waals surface area contributed by atoms with Gasteiger partial charge in [0.15, 0.2) is 0 Å². The van der Waals surface area contributed by atoms with Gasteiger partial charge in [-0.25, -0.2) is 0 Å². The van der Waals surface area contributed by atoms with Gasteiger partial charge >= 0.3 is 0 Å². The minimum absolute atomic E-state index is 0.208. The van der Waals surface area contributed by atoms with Gasteiger partial charge in [0.25, 0.3) is 10.5 Å². The highest BCUT2D eigenvalue weighted by molar-refractivity contribution is 6.69. The van der Waals surface area contributed by atoms with Gasteiger partial charge < -0.3 is 0 Å². The Morgan fingerprint density at radius 2 is 1.47 bits per heavy atom. The largest absolute Gasteiger partial charge is 0.276 e. The van der Waals surface area contributed by atoms with Gasteiger partial charge in [-0.2, -0.15) is 0 Å². The third-order valence-corrected chi connectivity index (χ3v) is 3.23. The van der Waals surface area contributed by atoms with Crippen molar-refractivity contribution in [2.75, 3.05) is 0 Å². The van der Waals surface area contributed by atoms with Gasteiger partial charge in [-0.05, 0) is 40.7 Å². The molecular formula is C12H5Cl3O2. The zero-order chi connectivity index (χ0) is 12.6. The van der Waals surface area contributed by atoms with Crippen LogP contribution in [-0.2, 0) is 0 Å². The molecule has 0 saturated heterocycles. The number of rotatable bonds is 2. The van der Waals surface area contributed by atoms with Crippen molar-refractivity contribution in [1.82, 2.24) is 0 Å². The fourth-order valence-corrected chi connectivity index (χ4v) is 2.33. The second-order valence-corrected chi connectivity index (χ2v) is 4.44. The van der Waals surface area contributed by atoms with E-state index in [4.69, 9.17) is 34.8 Å². The lowest BCUT2D eigenvalue weighted by Crippen LogP contribution is -1.95. The topological polar surface area (TPSA) is 34.1 Å². The molecule has 2 rings (SSSR count). The molecule has 0 aliphatic rings. The molecule has 0 fully saturated rings. The van der Waals surface area contributed by atoms with Gasteiger partial charge in [0.05, 0.1) is 10.6 Å². The van der Waals surface area contributed by atoms with Crippen LogP contribution < -0.4 is 0 Å². The maximum atomic E-state index is 11.2. The summed E-state index contributed by atoms with van der Waals surface area (Å²) < 4.78 is 0. The molecule has 0 saturated carbocycles. The molecule has 0 N–H and O–H groups in total. The third-order valence-electron chi connectivity index (χ3n) is 2.42. The van der Waals surface area contributed by atoms with E-state index in [0.29, 0.717) is 16.3 Å². The van der Waals surface area contributed by atoms with Gasteiger partial charge in [0.2, 0.25) is 0 Å². The standard InChI is InChI=1S/C12H5Cl3O2/c13-10-7-2-1-3-8(11(14)16)6(7)4-5-9(10)12(15)17/h1-5H. The first-order chi connectivity index (χ1) is 8.02. The Labute approximate surface area is 112 Å².